The number of nitrogens with zero attached hydrogens (tertiary/aromatic N) is 6. The van der Waals surface area contributed by atoms with Crippen molar-refractivity contribution in [2.24, 2.45) is 5.92 Å². The van der Waals surface area contributed by atoms with E-state index in [0.29, 0.717) is 24.2 Å². The normalized spacial score (nSPS) is 17.8. The van der Waals surface area contributed by atoms with Gasteiger partial charge in [-0.25, -0.2) is 14.8 Å². The van der Waals surface area contributed by atoms with Crippen LogP contribution in [-0.4, -0.2) is 71.6 Å². The van der Waals surface area contributed by atoms with Gasteiger partial charge in [0, 0.05) is 55.8 Å². The Balaban J connectivity index is 1.02. The van der Waals surface area contributed by atoms with Crippen molar-refractivity contribution in [1.82, 2.24) is 25.4 Å². The molecule has 1 amide bonds. The molecular formula is C32H39N7O4. The van der Waals surface area contributed by atoms with Crippen LogP contribution in [0.5, 0.6) is 5.75 Å². The maximum absolute atomic E-state index is 12.0. The molecule has 0 spiro atoms. The minimum Gasteiger partial charge on any atom is -0.494 e. The lowest BCUT2D eigenvalue weighted by Crippen LogP contribution is -2.36. The zero-order valence-electron chi connectivity index (χ0n) is 25.2. The summed E-state index contributed by atoms with van der Waals surface area (Å²) in [5, 5.41) is 8.22. The number of methoxy groups -OCH3 is 1. The number of anilines is 2. The van der Waals surface area contributed by atoms with Crippen LogP contribution in [0.2, 0.25) is 0 Å². The van der Waals surface area contributed by atoms with Crippen LogP contribution in [-0.2, 0) is 4.74 Å². The summed E-state index contributed by atoms with van der Waals surface area (Å²) in [6.07, 6.45) is 4.23. The molecule has 1 aromatic carbocycles. The molecule has 2 saturated heterocycles. The number of hydrogen-bond donors (Lipinski definition) is 1. The SMILES string of the molecule is COc1cccc2ccc(N3CCC(c4nc(-c5ccc(N6CCC(CNC(=O)OC(C)(C)C)C6)nc5)no4)CC3)nc12. The number of alkyl carbamates (subject to hydrolysis) is 1. The van der Waals surface area contributed by atoms with Crippen LogP contribution < -0.4 is 19.9 Å². The van der Waals surface area contributed by atoms with Gasteiger partial charge in [-0.3, -0.25) is 0 Å². The molecule has 6 rings (SSSR count). The first-order chi connectivity index (χ1) is 20.8. The van der Waals surface area contributed by atoms with Crippen molar-refractivity contribution < 1.29 is 18.8 Å². The monoisotopic (exact) mass is 585 g/mol. The lowest BCUT2D eigenvalue weighted by molar-refractivity contribution is 0.0520. The fraction of sp³-hybridized carbons (Fsp3) is 0.469. The minimum absolute atomic E-state index is 0.204. The number of carbonyl (C=O) groups is 1. The van der Waals surface area contributed by atoms with Crippen molar-refractivity contribution in [3.8, 4) is 17.1 Å². The quantitative estimate of drug-likeness (QED) is 0.301. The van der Waals surface area contributed by atoms with Gasteiger partial charge in [0.15, 0.2) is 0 Å². The van der Waals surface area contributed by atoms with E-state index in [1.807, 2.05) is 51.1 Å². The second-order valence-corrected chi connectivity index (χ2v) is 12.3. The fourth-order valence-corrected chi connectivity index (χ4v) is 5.78. The summed E-state index contributed by atoms with van der Waals surface area (Å²) in [4.78, 5) is 30.8. The van der Waals surface area contributed by atoms with Crippen LogP contribution in [0, 0.1) is 5.92 Å². The van der Waals surface area contributed by atoms with Crippen LogP contribution in [0.3, 0.4) is 0 Å². The highest BCUT2D eigenvalue weighted by Gasteiger charge is 2.28. The van der Waals surface area contributed by atoms with E-state index in [4.69, 9.17) is 24.0 Å². The zero-order chi connectivity index (χ0) is 30.0. The van der Waals surface area contributed by atoms with Crippen molar-refractivity contribution in [2.45, 2.75) is 51.6 Å². The summed E-state index contributed by atoms with van der Waals surface area (Å²) in [5.74, 6) is 4.42. The molecule has 0 bridgehead atoms. The Morgan fingerprint density at radius 3 is 2.53 bits per heavy atom. The third kappa shape index (κ3) is 6.65. The van der Waals surface area contributed by atoms with Gasteiger partial charge in [0.25, 0.3) is 0 Å². The average Bonchev–Trinajstić information content (AvgIpc) is 3.70. The molecule has 2 aliphatic heterocycles. The number of para-hydroxylation sites is 1. The topological polar surface area (TPSA) is 119 Å². The highest BCUT2D eigenvalue weighted by atomic mass is 16.6. The molecule has 5 heterocycles. The van der Waals surface area contributed by atoms with E-state index in [1.165, 1.54) is 0 Å². The minimum atomic E-state index is -0.500. The zero-order valence-corrected chi connectivity index (χ0v) is 25.2. The van der Waals surface area contributed by atoms with Crippen molar-refractivity contribution >= 4 is 28.6 Å². The molecule has 4 aromatic rings. The van der Waals surface area contributed by atoms with E-state index in [1.54, 1.807) is 13.3 Å². The van der Waals surface area contributed by atoms with Crippen LogP contribution in [0.15, 0.2) is 53.2 Å². The molecule has 1 N–H and O–H groups in total. The largest absolute Gasteiger partial charge is 0.494 e. The molecule has 0 aliphatic carbocycles. The molecule has 11 heteroatoms. The molecule has 0 saturated carbocycles. The molecule has 11 nitrogen and oxygen atoms in total. The number of amides is 1. The number of benzene rings is 1. The van der Waals surface area contributed by atoms with E-state index in [-0.39, 0.29) is 12.0 Å². The first-order valence-electron chi connectivity index (χ1n) is 15.0. The number of nitrogens with one attached hydrogen (secondary N) is 1. The van der Waals surface area contributed by atoms with E-state index in [9.17, 15) is 4.79 Å². The number of piperidine rings is 1. The fourth-order valence-electron chi connectivity index (χ4n) is 5.78. The maximum atomic E-state index is 12.0. The van der Waals surface area contributed by atoms with Gasteiger partial charge in [0.05, 0.1) is 7.11 Å². The van der Waals surface area contributed by atoms with Crippen molar-refractivity contribution in [3.05, 3.63) is 54.6 Å². The summed E-state index contributed by atoms with van der Waals surface area (Å²) in [6, 6.07) is 14.1. The number of rotatable bonds is 7. The van der Waals surface area contributed by atoms with E-state index >= 15 is 0 Å². The number of hydrogen-bond acceptors (Lipinski definition) is 10. The van der Waals surface area contributed by atoms with Gasteiger partial charge in [0.1, 0.15) is 28.5 Å². The standard InChI is InChI=1S/C32H39N7O4/c1-32(2,3)42-31(40)34-18-21-12-15-39(20-21)26-10-9-24(19-33-26)29-36-30(43-37-29)23-13-16-38(17-14-23)27-11-8-22-6-5-7-25(41-4)28(22)35-27/h5-11,19,21,23H,12-18,20H2,1-4H3,(H,34,40). The van der Waals surface area contributed by atoms with Gasteiger partial charge in [-0.2, -0.15) is 4.98 Å². The highest BCUT2D eigenvalue weighted by Crippen LogP contribution is 2.32. The second-order valence-electron chi connectivity index (χ2n) is 12.3. The Bertz CT molecular complexity index is 1560. The first kappa shape index (κ1) is 28.7. The summed E-state index contributed by atoms with van der Waals surface area (Å²) in [7, 11) is 1.68. The molecule has 0 radical (unpaired) electrons. The van der Waals surface area contributed by atoms with Gasteiger partial charge in [-0.1, -0.05) is 17.3 Å². The first-order valence-corrected chi connectivity index (χ1v) is 15.0. The number of pyridine rings is 2. The molecule has 2 fully saturated rings. The summed E-state index contributed by atoms with van der Waals surface area (Å²) < 4.78 is 16.6. The van der Waals surface area contributed by atoms with E-state index in [2.05, 4.69) is 37.4 Å². The Morgan fingerprint density at radius 1 is 1.00 bits per heavy atom. The number of aromatic nitrogens is 4. The number of carbonyl (C=O) groups excluding carboxylic acids is 1. The predicted octanol–water partition coefficient (Wildman–Crippen LogP) is 5.42. The Hall–Kier alpha value is -4.41. The third-order valence-corrected chi connectivity index (χ3v) is 8.05. The van der Waals surface area contributed by atoms with Crippen LogP contribution >= 0.6 is 0 Å². The van der Waals surface area contributed by atoms with Crippen molar-refractivity contribution in [3.63, 3.8) is 0 Å². The molecule has 226 valence electrons. The number of ether oxygens (including phenoxy) is 2. The summed E-state index contributed by atoms with van der Waals surface area (Å²) in [5.41, 5.74) is 1.21. The molecule has 1 atom stereocenters. The lowest BCUT2D eigenvalue weighted by atomic mass is 9.96. The number of fused-ring (bicyclic) bond motifs is 1. The van der Waals surface area contributed by atoms with Gasteiger partial charge >= 0.3 is 6.09 Å². The van der Waals surface area contributed by atoms with Gasteiger partial charge < -0.3 is 29.1 Å². The van der Waals surface area contributed by atoms with Crippen LogP contribution in [0.1, 0.15) is 51.8 Å². The van der Waals surface area contributed by atoms with Crippen molar-refractivity contribution in [2.75, 3.05) is 49.6 Å². The second kappa shape index (κ2) is 12.1. The predicted molar refractivity (Wildman–Crippen MR) is 165 cm³/mol. The molecule has 43 heavy (non-hydrogen) atoms. The van der Waals surface area contributed by atoms with E-state index in [0.717, 1.165) is 79.3 Å². The Kier molecular flexibility index (Phi) is 8.05. The third-order valence-electron chi connectivity index (χ3n) is 8.05. The molecule has 3 aromatic heterocycles. The molecule has 2 aliphatic rings. The summed E-state index contributed by atoms with van der Waals surface area (Å²) in [6.45, 7) is 9.61. The average molecular weight is 586 g/mol. The molecule has 1 unspecified atom stereocenters. The van der Waals surface area contributed by atoms with Gasteiger partial charge in [0.2, 0.25) is 11.7 Å². The molecular weight excluding hydrogens is 546 g/mol. The van der Waals surface area contributed by atoms with Gasteiger partial charge in [-0.05, 0) is 76.3 Å². The van der Waals surface area contributed by atoms with Crippen molar-refractivity contribution in [1.29, 1.82) is 0 Å². The Labute approximate surface area is 251 Å². The van der Waals surface area contributed by atoms with E-state index < -0.39 is 5.60 Å². The highest BCUT2D eigenvalue weighted by molar-refractivity contribution is 5.86. The smallest absolute Gasteiger partial charge is 0.407 e. The Morgan fingerprint density at radius 2 is 1.79 bits per heavy atom. The summed E-state index contributed by atoms with van der Waals surface area (Å²) >= 11 is 0. The van der Waals surface area contributed by atoms with Crippen LogP contribution in [0.25, 0.3) is 22.3 Å². The van der Waals surface area contributed by atoms with Gasteiger partial charge in [-0.15, -0.1) is 0 Å². The van der Waals surface area contributed by atoms with Crippen LogP contribution in [0.4, 0.5) is 16.4 Å². The lowest BCUT2D eigenvalue weighted by Gasteiger charge is -2.31. The maximum Gasteiger partial charge on any atom is 0.407 e.